The highest BCUT2D eigenvalue weighted by molar-refractivity contribution is 5.85. The van der Waals surface area contributed by atoms with Crippen LogP contribution in [0.2, 0.25) is 0 Å². The van der Waals surface area contributed by atoms with Crippen LogP contribution in [0, 0.1) is 5.82 Å². The Hall–Kier alpha value is -2.11. The Morgan fingerprint density at radius 1 is 1.40 bits per heavy atom. The monoisotopic (exact) mass is 281 g/mol. The molecule has 1 aliphatic rings. The first-order chi connectivity index (χ1) is 9.47. The van der Waals surface area contributed by atoms with Crippen molar-refractivity contribution in [3.05, 3.63) is 30.1 Å². The van der Waals surface area contributed by atoms with E-state index >= 15 is 0 Å². The number of ether oxygens (including phenoxy) is 1. The molecule has 108 valence electrons. The normalized spacial score (nSPS) is 15.5. The van der Waals surface area contributed by atoms with Gasteiger partial charge < -0.3 is 14.7 Å². The van der Waals surface area contributed by atoms with Crippen LogP contribution in [0.25, 0.3) is 0 Å². The van der Waals surface area contributed by atoms with Crippen LogP contribution < -0.4 is 4.74 Å². The largest absolute Gasteiger partial charge is 0.481 e. The fourth-order valence-electron chi connectivity index (χ4n) is 1.92. The summed E-state index contributed by atoms with van der Waals surface area (Å²) in [6.07, 6.45) is 0.838. The SMILES string of the molecule is CC(Oc1ccc(F)cc1)C(=O)N(CC(=O)O)C1CC1. The van der Waals surface area contributed by atoms with E-state index in [0.717, 1.165) is 12.8 Å². The zero-order chi connectivity index (χ0) is 14.7. The number of halogens is 1. The van der Waals surface area contributed by atoms with E-state index < -0.39 is 12.1 Å². The van der Waals surface area contributed by atoms with E-state index in [1.165, 1.54) is 29.2 Å². The average molecular weight is 281 g/mol. The maximum absolute atomic E-state index is 12.8. The Morgan fingerprint density at radius 3 is 2.50 bits per heavy atom. The van der Waals surface area contributed by atoms with E-state index in [1.807, 2.05) is 0 Å². The average Bonchev–Trinajstić information content (AvgIpc) is 3.22. The number of nitrogens with zero attached hydrogens (tertiary/aromatic N) is 1. The quantitative estimate of drug-likeness (QED) is 0.861. The van der Waals surface area contributed by atoms with Crippen LogP contribution in [-0.4, -0.2) is 40.6 Å². The molecule has 1 aromatic rings. The standard InChI is InChI=1S/C14H16FNO4/c1-9(20-12-6-2-10(15)3-7-12)14(19)16(8-13(17)18)11-4-5-11/h2-3,6-7,9,11H,4-5,8H2,1H3,(H,17,18). The van der Waals surface area contributed by atoms with Gasteiger partial charge in [0, 0.05) is 6.04 Å². The van der Waals surface area contributed by atoms with E-state index in [2.05, 4.69) is 0 Å². The van der Waals surface area contributed by atoms with Gasteiger partial charge >= 0.3 is 5.97 Å². The molecule has 0 aliphatic heterocycles. The molecule has 20 heavy (non-hydrogen) atoms. The lowest BCUT2D eigenvalue weighted by atomic mass is 10.3. The smallest absolute Gasteiger partial charge is 0.323 e. The molecule has 1 fully saturated rings. The van der Waals surface area contributed by atoms with Crippen LogP contribution in [0.5, 0.6) is 5.75 Å². The Bertz CT molecular complexity index is 498. The van der Waals surface area contributed by atoms with Gasteiger partial charge in [-0.1, -0.05) is 0 Å². The molecule has 1 aromatic carbocycles. The molecule has 0 radical (unpaired) electrons. The first-order valence-corrected chi connectivity index (χ1v) is 6.42. The molecule has 6 heteroatoms. The zero-order valence-corrected chi connectivity index (χ0v) is 11.1. The van der Waals surface area contributed by atoms with Crippen LogP contribution in [0.15, 0.2) is 24.3 Å². The molecule has 1 saturated carbocycles. The molecule has 1 aliphatic carbocycles. The van der Waals surface area contributed by atoms with Gasteiger partial charge in [0.05, 0.1) is 0 Å². The molecular formula is C14H16FNO4. The fourth-order valence-corrected chi connectivity index (χ4v) is 1.92. The van der Waals surface area contributed by atoms with E-state index in [0.29, 0.717) is 5.75 Å². The first-order valence-electron chi connectivity index (χ1n) is 6.42. The second-order valence-electron chi connectivity index (χ2n) is 4.81. The summed E-state index contributed by atoms with van der Waals surface area (Å²) in [6.45, 7) is 1.24. The maximum Gasteiger partial charge on any atom is 0.323 e. The summed E-state index contributed by atoms with van der Waals surface area (Å²) >= 11 is 0. The summed E-state index contributed by atoms with van der Waals surface area (Å²) < 4.78 is 18.2. The fraction of sp³-hybridized carbons (Fsp3) is 0.429. The van der Waals surface area contributed by atoms with Gasteiger partial charge in [-0.3, -0.25) is 9.59 Å². The Morgan fingerprint density at radius 2 is 2.00 bits per heavy atom. The highest BCUT2D eigenvalue weighted by atomic mass is 19.1. The van der Waals surface area contributed by atoms with Gasteiger partial charge in [-0.05, 0) is 44.0 Å². The Kier molecular flexibility index (Phi) is 4.22. The second-order valence-corrected chi connectivity index (χ2v) is 4.81. The number of carbonyl (C=O) groups excluding carboxylic acids is 1. The topological polar surface area (TPSA) is 66.8 Å². The second kappa shape index (κ2) is 5.90. The molecule has 0 spiro atoms. The summed E-state index contributed by atoms with van der Waals surface area (Å²) in [5, 5.41) is 8.84. The maximum atomic E-state index is 12.8. The summed E-state index contributed by atoms with van der Waals surface area (Å²) in [5.74, 6) is -1.42. The number of amides is 1. The van der Waals surface area contributed by atoms with Gasteiger partial charge in [0.15, 0.2) is 6.10 Å². The number of hydrogen-bond acceptors (Lipinski definition) is 3. The number of benzene rings is 1. The van der Waals surface area contributed by atoms with E-state index in [1.54, 1.807) is 6.92 Å². The van der Waals surface area contributed by atoms with Crippen molar-refractivity contribution in [2.45, 2.75) is 31.9 Å². The minimum absolute atomic E-state index is 0.00197. The molecule has 1 amide bonds. The van der Waals surface area contributed by atoms with Crippen molar-refractivity contribution in [3.8, 4) is 5.75 Å². The zero-order valence-electron chi connectivity index (χ0n) is 11.1. The highest BCUT2D eigenvalue weighted by Crippen LogP contribution is 2.27. The van der Waals surface area contributed by atoms with Crippen molar-refractivity contribution in [2.75, 3.05) is 6.54 Å². The van der Waals surface area contributed by atoms with E-state index in [9.17, 15) is 14.0 Å². The van der Waals surface area contributed by atoms with Crippen LogP contribution in [0.3, 0.4) is 0 Å². The van der Waals surface area contributed by atoms with Crippen LogP contribution in [-0.2, 0) is 9.59 Å². The first kappa shape index (κ1) is 14.3. The molecule has 1 N–H and O–H groups in total. The van der Waals surface area contributed by atoms with Crippen molar-refractivity contribution in [1.29, 1.82) is 0 Å². The molecule has 5 nitrogen and oxygen atoms in total. The van der Waals surface area contributed by atoms with Gasteiger partial charge in [0.1, 0.15) is 18.1 Å². The number of carbonyl (C=O) groups is 2. The van der Waals surface area contributed by atoms with Crippen LogP contribution >= 0.6 is 0 Å². The van der Waals surface area contributed by atoms with E-state index in [4.69, 9.17) is 9.84 Å². The molecule has 1 unspecified atom stereocenters. The van der Waals surface area contributed by atoms with Crippen molar-refractivity contribution in [1.82, 2.24) is 4.90 Å². The molecule has 0 bridgehead atoms. The lowest BCUT2D eigenvalue weighted by Crippen LogP contribution is -2.44. The van der Waals surface area contributed by atoms with Crippen LogP contribution in [0.4, 0.5) is 4.39 Å². The molecule has 0 saturated heterocycles. The number of aliphatic carboxylic acids is 1. The third-order valence-electron chi connectivity index (χ3n) is 3.05. The van der Waals surface area contributed by atoms with Gasteiger partial charge in [0.25, 0.3) is 5.91 Å². The lowest BCUT2D eigenvalue weighted by Gasteiger charge is -2.24. The Labute approximate surface area is 116 Å². The molecule has 2 rings (SSSR count). The van der Waals surface area contributed by atoms with Gasteiger partial charge in [0.2, 0.25) is 0 Å². The third-order valence-corrected chi connectivity index (χ3v) is 3.05. The number of carboxylic acid groups (broad SMARTS) is 1. The van der Waals surface area contributed by atoms with Gasteiger partial charge in [-0.15, -0.1) is 0 Å². The summed E-state index contributed by atoms with van der Waals surface area (Å²) in [5.41, 5.74) is 0. The highest BCUT2D eigenvalue weighted by Gasteiger charge is 2.36. The summed E-state index contributed by atoms with van der Waals surface area (Å²) in [4.78, 5) is 24.3. The molecule has 0 aromatic heterocycles. The van der Waals surface area contributed by atoms with Gasteiger partial charge in [-0.2, -0.15) is 0 Å². The predicted octanol–water partition coefficient (Wildman–Crippen LogP) is 1.67. The van der Waals surface area contributed by atoms with Crippen LogP contribution in [0.1, 0.15) is 19.8 Å². The number of hydrogen-bond donors (Lipinski definition) is 1. The summed E-state index contributed by atoms with van der Waals surface area (Å²) in [7, 11) is 0. The van der Waals surface area contributed by atoms with Crippen molar-refractivity contribution in [2.24, 2.45) is 0 Å². The van der Waals surface area contributed by atoms with E-state index in [-0.39, 0.29) is 24.3 Å². The van der Waals surface area contributed by atoms with Gasteiger partial charge in [-0.25, -0.2) is 4.39 Å². The van der Waals surface area contributed by atoms with Crippen molar-refractivity contribution < 1.29 is 23.8 Å². The third kappa shape index (κ3) is 3.69. The molecule has 0 heterocycles. The lowest BCUT2D eigenvalue weighted by molar-refractivity contribution is -0.148. The molecule has 1 atom stereocenters. The number of carboxylic acids is 1. The predicted molar refractivity (Wildman–Crippen MR) is 68.9 cm³/mol. The number of rotatable bonds is 6. The minimum atomic E-state index is -1.04. The minimum Gasteiger partial charge on any atom is -0.481 e. The Balaban J connectivity index is 1.99. The molecular weight excluding hydrogens is 265 g/mol. The van der Waals surface area contributed by atoms with Crippen molar-refractivity contribution >= 4 is 11.9 Å². The summed E-state index contributed by atoms with van der Waals surface area (Å²) in [6, 6.07) is 5.33. The van der Waals surface area contributed by atoms with Crippen molar-refractivity contribution in [3.63, 3.8) is 0 Å².